The van der Waals surface area contributed by atoms with Crippen molar-refractivity contribution in [3.8, 4) is 11.5 Å². The fourth-order valence-electron chi connectivity index (χ4n) is 10.4. The molecule has 0 aliphatic carbocycles. The molecule has 0 bridgehead atoms. The molecule has 12 aromatic rings. The van der Waals surface area contributed by atoms with Crippen LogP contribution < -0.4 is 80.5 Å². The van der Waals surface area contributed by atoms with Crippen molar-refractivity contribution in [2.24, 2.45) is 78.8 Å². The molecular weight excluding hydrogens is 1780 g/mol. The van der Waals surface area contributed by atoms with Crippen molar-refractivity contribution in [3.63, 3.8) is 0 Å². The number of nitrogens with zero attached hydrogens (tertiary/aromatic N) is 5. The molecule has 0 spiro atoms. The smallest absolute Gasteiger partial charge is 0.286 e. The van der Waals surface area contributed by atoms with E-state index in [0.717, 1.165) is 123 Å². The lowest BCUT2D eigenvalue weighted by Gasteiger charge is -2.04. The number of nitro benzene ring substituents is 1. The van der Waals surface area contributed by atoms with E-state index in [9.17, 15) is 33.6 Å². The van der Waals surface area contributed by atoms with E-state index >= 15 is 0 Å². The molecule has 1 aromatic heterocycles. The molecule has 34 N–H and O–H groups in total. The summed E-state index contributed by atoms with van der Waals surface area (Å²) in [4.78, 5) is 50.5. The Morgan fingerprint density at radius 2 is 0.985 bits per heavy atom. The topological polar surface area (TPSA) is 670 Å². The Kier molecular flexibility index (Phi) is 49.4. The Labute approximate surface area is 769 Å². The normalized spacial score (nSPS) is 10.3. The summed E-state index contributed by atoms with van der Waals surface area (Å²) in [5.74, 6) is 9.87. The number of nitrogen functional groups attached to an aromatic ring is 6. The quantitative estimate of drug-likeness (QED) is 0.00463. The average Bonchev–Trinajstić information content (AvgIpc) is 0.808. The number of phenolic OH excluding ortho intramolecular Hbond substituents is 2. The molecule has 39 heteroatoms. The number of anilines is 3. The maximum atomic E-state index is 12.8. The first kappa shape index (κ1) is 111. The van der Waals surface area contributed by atoms with Crippen LogP contribution in [0.25, 0.3) is 10.8 Å². The number of halogens is 3. The molecule has 0 fully saturated rings. The van der Waals surface area contributed by atoms with Crippen LogP contribution in [0.1, 0.15) is 121 Å². The van der Waals surface area contributed by atoms with Gasteiger partial charge in [-0.15, -0.1) is 9.32 Å². The number of aromatic hydroxyl groups is 2. The summed E-state index contributed by atoms with van der Waals surface area (Å²) in [5, 5.41) is 70.3. The Morgan fingerprint density at radius 1 is 0.492 bits per heavy atom. The van der Waals surface area contributed by atoms with Gasteiger partial charge in [0.15, 0.2) is 11.7 Å². The van der Waals surface area contributed by atoms with Gasteiger partial charge in [-0.05, 0) is 276 Å². The third-order valence-corrected chi connectivity index (χ3v) is 19.4. The van der Waals surface area contributed by atoms with Gasteiger partial charge in [0.25, 0.3) is 5.69 Å². The van der Waals surface area contributed by atoms with Crippen LogP contribution in [-0.2, 0) is 29.9 Å². The van der Waals surface area contributed by atoms with E-state index in [0.29, 0.717) is 67.6 Å². The molecule has 34 nitrogen and oxygen atoms in total. The zero-order chi connectivity index (χ0) is 98.2. The molecule has 0 atom stereocenters. The van der Waals surface area contributed by atoms with Crippen LogP contribution >= 0.6 is 40.0 Å². The van der Waals surface area contributed by atoms with Gasteiger partial charge in [-0.2, -0.15) is 15.3 Å². The van der Waals surface area contributed by atoms with E-state index in [4.69, 9.17) is 106 Å². The Morgan fingerprint density at radius 3 is 1.43 bits per heavy atom. The highest BCUT2D eigenvalue weighted by molar-refractivity contribution is 9.10. The van der Waals surface area contributed by atoms with Crippen LogP contribution in [0.2, 0.25) is 0 Å². The zero-order valence-corrected chi connectivity index (χ0v) is 77.0. The number of hydrogen-bond donors (Lipinski definition) is 20. The number of pyridine rings is 1. The van der Waals surface area contributed by atoms with Crippen LogP contribution in [0.5, 0.6) is 11.5 Å². The summed E-state index contributed by atoms with van der Waals surface area (Å²) >= 11 is 5.22. The molecule has 0 saturated carbocycles. The molecular formula is C91H111BrF2N22O12S2. The number of amides is 2. The minimum absolute atomic E-state index is 0.0214. The molecule has 12 rings (SSSR count). The summed E-state index contributed by atoms with van der Waals surface area (Å²) in [5.41, 5.74) is 81.4. The van der Waals surface area contributed by atoms with Gasteiger partial charge < -0.3 is 94.9 Å². The highest BCUT2D eigenvalue weighted by Crippen LogP contribution is 2.32. The fourth-order valence-corrected chi connectivity index (χ4v) is 12.0. The summed E-state index contributed by atoms with van der Waals surface area (Å²) in [6, 6.07) is 61.1. The van der Waals surface area contributed by atoms with Crippen molar-refractivity contribution < 1.29 is 62.1 Å². The lowest BCUT2D eigenvalue weighted by atomic mass is 10.0. The third-order valence-electron chi connectivity index (χ3n) is 17.1. The van der Waals surface area contributed by atoms with Gasteiger partial charge in [0.05, 0.1) is 46.2 Å². The summed E-state index contributed by atoms with van der Waals surface area (Å²) in [6.07, 6.45) is 1.63. The van der Waals surface area contributed by atoms with Crippen molar-refractivity contribution in [3.05, 3.63) is 356 Å². The van der Waals surface area contributed by atoms with Gasteiger partial charge >= 0.3 is 0 Å². The first-order valence-corrected chi connectivity index (χ1v) is 40.5. The Hall–Kier alpha value is -14.8. The number of nitrogens with one attached hydrogen (secondary N) is 3. The van der Waals surface area contributed by atoms with Crippen molar-refractivity contribution in [2.45, 2.75) is 92.5 Å². The van der Waals surface area contributed by atoms with Crippen LogP contribution in [0.4, 0.5) is 31.7 Å². The molecule has 0 aliphatic heterocycles. The van der Waals surface area contributed by atoms with Gasteiger partial charge in [-0.3, -0.25) is 35.9 Å². The second-order valence-corrected chi connectivity index (χ2v) is 29.9. The average molecular weight is 1890 g/mol. The van der Waals surface area contributed by atoms with Gasteiger partial charge in [0, 0.05) is 83.8 Å². The molecule has 1 heterocycles. The van der Waals surface area contributed by atoms with Gasteiger partial charge in [-0.1, -0.05) is 105 Å². The number of nitro groups is 1. The van der Waals surface area contributed by atoms with E-state index in [1.54, 1.807) is 106 Å². The summed E-state index contributed by atoms with van der Waals surface area (Å²) in [6.45, 7) is 20.8. The SMILES string of the molecule is CON=C(N)c1cccc(C)c1.COOSc1ccc(C(N)=O)cc1C.Cc1cc(C(=N)N)ccc1F.Cc1cc(C(=N)N)ccc1O.Cc1cc(CN)ccc1C(N)=O.Cc1cc(N)cc(Br)c1[N+](=O)[O-].Cc1cc(N)ccc1SOON.Cc1cc2c(N)nccc2cc1O.Cc1ccc(F)c(C(=N)N)c1.Cc1cccc(C(N)=NN)c1.Cc1cccc(C(N)=NO)c1. The molecule has 0 unspecified atom stereocenters. The van der Waals surface area contributed by atoms with E-state index in [-0.39, 0.29) is 51.9 Å². The number of oxime groups is 2. The standard InChI is InChI=1S/C10H10N2O.2C9H12N2O.C9H11NO3S.2C8H9FN2.C8H11N3.2C8H10N2O.C7H7BrN2O2.C7H10N2O2S/c1-6-4-8-7(5-9(6)13)2-3-12-10(8)11;1-7-4-3-5-8(6-7)9(10)11-12-2;1-6-4-7(5-10)2-3-8(6)9(11)12;1-6-5-7(9(10)11)3-4-8(6)14-13-12-2;1-5-4-6(8(10)11)2-3-7(5)9;1-5-2-3-7(9)6(4-5)8(10)11;1-6-3-2-4-7(5-6)8(9)11-10;1-5-4-6(8(9)10)2-3-7(5)11;1-6-3-2-4-7(5-6)8(9)10-11;1-4-2-5(9)3-6(8)7(4)10(11)12;1-5-4-6(8)2-3-7(5)12-11-10-9/h2-5,13H,1H3,(H2,11,12);3-6H,1-2H3,(H2,10,11);2-4H,5,10H2,1H3,(H2,11,12);3-5H,1-2H3,(H2,10,11);2*2-4H,1H3,(H3,10,11);2-5H,10H2,1H3,(H2,9,11);2-4,11H,1H3,(H3,9,10);2-5,11H,1H3,(H2,9,10);2-3H,9H2,1H3;2-4H,8-9H2,1H3. The number of aryl methyl sites for hydroxylation is 11. The van der Waals surface area contributed by atoms with Crippen LogP contribution in [0.3, 0.4) is 0 Å². The monoisotopic (exact) mass is 1880 g/mol. The molecule has 0 radical (unpaired) electrons. The first-order valence-electron chi connectivity index (χ1n) is 38.2. The number of nitrogens with two attached hydrogens (primary N) is 14. The minimum atomic E-state index is -0.442. The van der Waals surface area contributed by atoms with Crippen molar-refractivity contribution in [1.82, 2.24) is 4.98 Å². The molecule has 11 aromatic carbocycles. The number of primary amides is 2. The van der Waals surface area contributed by atoms with Crippen LogP contribution in [-0.4, -0.2) is 86.4 Å². The number of amidine groups is 6. The van der Waals surface area contributed by atoms with Crippen LogP contribution in [0.15, 0.2) is 248 Å². The number of aromatic nitrogens is 1. The number of hydrazone groups is 1. The maximum absolute atomic E-state index is 12.8. The highest BCUT2D eigenvalue weighted by atomic mass is 79.9. The Balaban J connectivity index is 0.000000484. The lowest BCUT2D eigenvalue weighted by Crippen LogP contribution is -2.15. The van der Waals surface area contributed by atoms with E-state index < -0.39 is 22.6 Å². The van der Waals surface area contributed by atoms with E-state index in [1.807, 2.05) is 159 Å². The second-order valence-electron chi connectivity index (χ2n) is 27.6. The molecule has 690 valence electrons. The van der Waals surface area contributed by atoms with E-state index in [2.05, 4.69) is 61.3 Å². The van der Waals surface area contributed by atoms with Crippen molar-refractivity contribution in [1.29, 1.82) is 16.2 Å². The zero-order valence-electron chi connectivity index (χ0n) is 73.8. The number of hydrogen-bond acceptors (Lipinski definition) is 27. The number of carbonyl (C=O) groups is 2. The van der Waals surface area contributed by atoms with Gasteiger partial charge in [0.1, 0.15) is 59.4 Å². The number of rotatable bonds is 17. The predicted octanol–water partition coefficient (Wildman–Crippen LogP) is 14.5. The number of fused-ring (bicyclic) bond motifs is 1. The molecule has 0 saturated heterocycles. The number of benzene rings is 11. The number of carbonyl (C=O) groups excluding carboxylic acids is 2. The number of phenols is 2. The molecule has 130 heavy (non-hydrogen) atoms. The fraction of sp³-hybridized carbons (Fsp3) is 0.154. The largest absolute Gasteiger partial charge is 0.508 e. The maximum Gasteiger partial charge on any atom is 0.286 e. The van der Waals surface area contributed by atoms with Crippen LogP contribution in [0, 0.1) is 114 Å². The van der Waals surface area contributed by atoms with Gasteiger partial charge in [0.2, 0.25) is 11.8 Å². The first-order chi connectivity index (χ1) is 61.3. The predicted molar refractivity (Wildman–Crippen MR) is 518 cm³/mol. The Bertz CT molecular complexity index is 5780. The highest BCUT2D eigenvalue weighted by Gasteiger charge is 2.16. The van der Waals surface area contributed by atoms with Gasteiger partial charge in [-0.25, -0.2) is 18.7 Å². The lowest BCUT2D eigenvalue weighted by molar-refractivity contribution is -0.386. The second kappa shape index (κ2) is 57.7. The van der Waals surface area contributed by atoms with Crippen molar-refractivity contribution in [2.75, 3.05) is 31.4 Å². The minimum Gasteiger partial charge on any atom is -0.508 e. The summed E-state index contributed by atoms with van der Waals surface area (Å²) in [7, 11) is 2.91. The molecule has 0 aliphatic rings. The summed E-state index contributed by atoms with van der Waals surface area (Å²) < 4.78 is 35.1. The van der Waals surface area contributed by atoms with E-state index in [1.165, 1.54) is 44.6 Å². The third kappa shape index (κ3) is 40.2. The molecule has 2 amide bonds. The van der Waals surface area contributed by atoms with Crippen molar-refractivity contribution >= 4 is 120 Å².